The van der Waals surface area contributed by atoms with Gasteiger partial charge in [-0.3, -0.25) is 14.5 Å². The minimum atomic E-state index is -4.04. The third-order valence-corrected chi connectivity index (χ3v) is 8.69. The Bertz CT molecular complexity index is 1680. The quantitative estimate of drug-likeness (QED) is 0.350. The molecule has 3 aromatic rings. The van der Waals surface area contributed by atoms with E-state index >= 15 is 0 Å². The highest BCUT2D eigenvalue weighted by molar-refractivity contribution is 7.89. The SMILES string of the molecule is CC(C)=C1Oc2cccc(OCc3cccc(CN4CCC(NC(=O)c5ccc(Cl)c(S(N)(=O)=O)c5)CC4)c3)c2C1=O. The third-order valence-electron chi connectivity index (χ3n) is 7.30. The van der Waals surface area contributed by atoms with Crippen LogP contribution in [0, 0.1) is 0 Å². The van der Waals surface area contributed by atoms with E-state index in [0.717, 1.165) is 49.2 Å². The first kappa shape index (κ1) is 29.8. The Labute approximate surface area is 250 Å². The van der Waals surface area contributed by atoms with Gasteiger partial charge in [0.15, 0.2) is 5.76 Å². The second kappa shape index (κ2) is 12.3. The molecule has 0 spiro atoms. The molecule has 11 heteroatoms. The number of carbonyl (C=O) groups is 2. The van der Waals surface area contributed by atoms with Crippen molar-refractivity contribution in [2.24, 2.45) is 5.14 Å². The summed E-state index contributed by atoms with van der Waals surface area (Å²) in [6.07, 6.45) is 1.51. The fourth-order valence-electron chi connectivity index (χ4n) is 5.14. The monoisotopic (exact) mass is 609 g/mol. The lowest BCUT2D eigenvalue weighted by molar-refractivity contribution is 0.0908. The van der Waals surface area contributed by atoms with E-state index < -0.39 is 10.0 Å². The van der Waals surface area contributed by atoms with Crippen molar-refractivity contribution in [1.82, 2.24) is 10.2 Å². The summed E-state index contributed by atoms with van der Waals surface area (Å²) in [5.41, 5.74) is 3.60. The van der Waals surface area contributed by atoms with E-state index in [-0.39, 0.29) is 33.2 Å². The zero-order valence-electron chi connectivity index (χ0n) is 23.4. The average Bonchev–Trinajstić information content (AvgIpc) is 3.30. The lowest BCUT2D eigenvalue weighted by Gasteiger charge is -2.32. The van der Waals surface area contributed by atoms with Crippen molar-refractivity contribution in [3.05, 3.63) is 99.3 Å². The van der Waals surface area contributed by atoms with Gasteiger partial charge in [0, 0.05) is 31.2 Å². The second-order valence-electron chi connectivity index (χ2n) is 10.7. The number of nitrogens with one attached hydrogen (secondary N) is 1. The molecule has 2 aliphatic heterocycles. The highest BCUT2D eigenvalue weighted by Gasteiger charge is 2.31. The Balaban J connectivity index is 1.14. The number of sulfonamides is 1. The van der Waals surface area contributed by atoms with Gasteiger partial charge in [-0.25, -0.2) is 13.6 Å². The molecule has 1 fully saturated rings. The Morgan fingerprint density at radius 2 is 1.79 bits per heavy atom. The van der Waals surface area contributed by atoms with Crippen molar-refractivity contribution >= 4 is 33.3 Å². The smallest absolute Gasteiger partial charge is 0.251 e. The largest absolute Gasteiger partial charge is 0.488 e. The van der Waals surface area contributed by atoms with Crippen LogP contribution in [0.1, 0.15) is 58.5 Å². The number of carbonyl (C=O) groups excluding carboxylic acids is 2. The van der Waals surface area contributed by atoms with Crippen LogP contribution in [-0.2, 0) is 23.2 Å². The minimum absolute atomic E-state index is 0.0238. The molecular weight excluding hydrogens is 578 g/mol. The number of hydrogen-bond donors (Lipinski definition) is 2. The molecule has 0 aliphatic carbocycles. The highest BCUT2D eigenvalue weighted by atomic mass is 35.5. The van der Waals surface area contributed by atoms with E-state index in [1.807, 2.05) is 32.0 Å². The zero-order valence-corrected chi connectivity index (χ0v) is 24.9. The Hall–Kier alpha value is -3.70. The number of fused-ring (bicyclic) bond motifs is 1. The first-order chi connectivity index (χ1) is 20.0. The van der Waals surface area contributed by atoms with Gasteiger partial charge in [-0.1, -0.05) is 41.9 Å². The van der Waals surface area contributed by atoms with Crippen LogP contribution in [0.5, 0.6) is 11.5 Å². The van der Waals surface area contributed by atoms with Crippen molar-refractivity contribution < 1.29 is 27.5 Å². The van der Waals surface area contributed by atoms with Crippen molar-refractivity contribution in [2.45, 2.75) is 50.8 Å². The summed E-state index contributed by atoms with van der Waals surface area (Å²) < 4.78 is 35.3. The highest BCUT2D eigenvalue weighted by Crippen LogP contribution is 2.38. The fourth-order valence-corrected chi connectivity index (χ4v) is 6.21. The topological polar surface area (TPSA) is 128 Å². The van der Waals surface area contributed by atoms with Gasteiger partial charge in [-0.15, -0.1) is 0 Å². The summed E-state index contributed by atoms with van der Waals surface area (Å²) in [6, 6.07) is 17.5. The van der Waals surface area contributed by atoms with Gasteiger partial charge in [-0.2, -0.15) is 0 Å². The summed E-state index contributed by atoms with van der Waals surface area (Å²) in [4.78, 5) is 27.7. The molecule has 1 saturated heterocycles. The van der Waals surface area contributed by atoms with Gasteiger partial charge in [0.2, 0.25) is 15.8 Å². The van der Waals surface area contributed by atoms with E-state index in [0.29, 0.717) is 29.4 Å². The number of halogens is 1. The molecule has 0 unspecified atom stereocenters. The number of nitrogens with two attached hydrogens (primary N) is 1. The average molecular weight is 610 g/mol. The van der Waals surface area contributed by atoms with Crippen LogP contribution in [0.2, 0.25) is 5.02 Å². The summed E-state index contributed by atoms with van der Waals surface area (Å²) in [7, 11) is -4.04. The van der Waals surface area contributed by atoms with E-state index in [2.05, 4.69) is 22.3 Å². The number of primary sulfonamides is 1. The van der Waals surface area contributed by atoms with Crippen LogP contribution < -0.4 is 19.9 Å². The van der Waals surface area contributed by atoms with E-state index in [4.69, 9.17) is 26.2 Å². The van der Waals surface area contributed by atoms with Crippen LogP contribution >= 0.6 is 11.6 Å². The molecule has 5 rings (SSSR count). The number of piperidine rings is 1. The van der Waals surface area contributed by atoms with Gasteiger partial charge < -0.3 is 14.8 Å². The van der Waals surface area contributed by atoms with Crippen molar-refractivity contribution in [2.75, 3.05) is 13.1 Å². The van der Waals surface area contributed by atoms with Crippen LogP contribution in [-0.4, -0.2) is 44.1 Å². The maximum absolute atomic E-state index is 12.8. The Kier molecular flexibility index (Phi) is 8.70. The standard InChI is InChI=1S/C31H32ClN3O6S/c1-19(2)30-29(36)28-25(7-4-8-26(28)41-30)40-18-21-6-3-5-20(15-21)17-35-13-11-23(12-14-35)34-31(37)22-9-10-24(32)27(16-22)42(33,38)39/h3-10,15-16,23H,11-14,17-18H2,1-2H3,(H,34,37)(H2,33,38,39). The molecular formula is C31H32ClN3O6S. The van der Waals surface area contributed by atoms with E-state index in [9.17, 15) is 18.0 Å². The lowest BCUT2D eigenvalue weighted by Crippen LogP contribution is -2.44. The molecule has 2 aliphatic rings. The molecule has 1 amide bonds. The number of benzene rings is 3. The predicted octanol–water partition coefficient (Wildman–Crippen LogP) is 4.83. The molecule has 0 bridgehead atoms. The normalized spacial score (nSPS) is 15.7. The first-order valence-corrected chi connectivity index (χ1v) is 15.5. The van der Waals surface area contributed by atoms with Gasteiger partial charge in [0.25, 0.3) is 5.91 Å². The zero-order chi connectivity index (χ0) is 30.0. The number of Topliss-reactive ketones (excluding diaryl/α,β-unsaturated/α-hetero) is 1. The summed E-state index contributed by atoms with van der Waals surface area (Å²) in [6.45, 7) is 6.34. The van der Waals surface area contributed by atoms with Crippen LogP contribution in [0.4, 0.5) is 0 Å². The number of nitrogens with zero attached hydrogens (tertiary/aromatic N) is 1. The number of rotatable bonds is 8. The number of amides is 1. The number of hydrogen-bond acceptors (Lipinski definition) is 7. The van der Waals surface area contributed by atoms with E-state index in [1.165, 1.54) is 18.2 Å². The maximum atomic E-state index is 12.8. The summed E-state index contributed by atoms with van der Waals surface area (Å²) in [5, 5.41) is 8.17. The molecule has 0 atom stereocenters. The van der Waals surface area contributed by atoms with Crippen molar-refractivity contribution in [3.8, 4) is 11.5 Å². The predicted molar refractivity (Wildman–Crippen MR) is 159 cm³/mol. The number of ketones is 1. The van der Waals surface area contributed by atoms with Crippen molar-refractivity contribution in [1.29, 1.82) is 0 Å². The number of ether oxygens (including phenoxy) is 2. The molecule has 0 saturated carbocycles. The molecule has 42 heavy (non-hydrogen) atoms. The van der Waals surface area contributed by atoms with Gasteiger partial charge in [0.05, 0.1) is 5.02 Å². The number of likely N-dealkylation sites (tertiary alicyclic amines) is 1. The summed E-state index contributed by atoms with van der Waals surface area (Å²) in [5.74, 6) is 0.853. The number of allylic oxidation sites excluding steroid dienone is 2. The first-order valence-electron chi connectivity index (χ1n) is 13.6. The maximum Gasteiger partial charge on any atom is 0.251 e. The van der Waals surface area contributed by atoms with Gasteiger partial charge in [-0.05, 0) is 73.7 Å². The molecule has 2 heterocycles. The van der Waals surface area contributed by atoms with Crippen LogP contribution in [0.25, 0.3) is 0 Å². The molecule has 3 aromatic carbocycles. The molecule has 0 radical (unpaired) electrons. The van der Waals surface area contributed by atoms with Gasteiger partial charge >= 0.3 is 0 Å². The Morgan fingerprint density at radius 1 is 1.07 bits per heavy atom. The Morgan fingerprint density at radius 3 is 2.50 bits per heavy atom. The second-order valence-corrected chi connectivity index (χ2v) is 12.6. The van der Waals surface area contributed by atoms with Crippen LogP contribution in [0.3, 0.4) is 0 Å². The summed E-state index contributed by atoms with van der Waals surface area (Å²) >= 11 is 5.93. The lowest BCUT2D eigenvalue weighted by atomic mass is 10.0. The molecule has 220 valence electrons. The molecule has 0 aromatic heterocycles. The van der Waals surface area contributed by atoms with Crippen molar-refractivity contribution in [3.63, 3.8) is 0 Å². The molecule has 3 N–H and O–H groups in total. The minimum Gasteiger partial charge on any atom is -0.488 e. The third kappa shape index (κ3) is 6.68. The van der Waals surface area contributed by atoms with Crippen LogP contribution in [0.15, 0.2) is 76.9 Å². The molecule has 9 nitrogen and oxygen atoms in total. The van der Waals surface area contributed by atoms with Gasteiger partial charge in [0.1, 0.15) is 28.6 Å². The fraction of sp³-hybridized carbons (Fsp3) is 0.290. The van der Waals surface area contributed by atoms with E-state index in [1.54, 1.807) is 12.1 Å².